The van der Waals surface area contributed by atoms with Crippen molar-refractivity contribution in [3.63, 3.8) is 0 Å². The number of thiazole rings is 1. The molecule has 3 atom stereocenters. The average molecular weight is 609 g/mol. The zero-order valence-corrected chi connectivity index (χ0v) is 23.5. The third-order valence-electron chi connectivity index (χ3n) is 6.86. The number of nitrogens with zero attached hydrogens (tertiary/aromatic N) is 2. The lowest BCUT2D eigenvalue weighted by molar-refractivity contribution is -0.144. The molecule has 0 bridgehead atoms. The summed E-state index contributed by atoms with van der Waals surface area (Å²) < 4.78 is 58.6. The number of aromatic nitrogens is 1. The number of fused-ring (bicyclic) bond motifs is 2. The standard InChI is InChI=1S/C27H23F3N2O7S2/c1-4-39-18(33)12-31-25-22(41-26(31)36)19(13-9-10-16(37-2)17(11-13)38-3)20-21(40-25)24(35)32(23(20)34)15-8-6-5-7-14(15)27(28,29)30/h5-11,19-21H,4,12H2,1-3H3. The summed E-state index contributed by atoms with van der Waals surface area (Å²) in [6, 6.07) is 9.23. The number of benzene rings is 2. The number of hydrogen-bond acceptors (Lipinski definition) is 9. The smallest absolute Gasteiger partial charge is 0.418 e. The van der Waals surface area contributed by atoms with Gasteiger partial charge in [-0.15, -0.1) is 0 Å². The number of rotatable bonds is 7. The van der Waals surface area contributed by atoms with E-state index in [1.807, 2.05) is 0 Å². The lowest BCUT2D eigenvalue weighted by Gasteiger charge is -2.31. The molecular formula is C27H23F3N2O7S2. The predicted molar refractivity (Wildman–Crippen MR) is 144 cm³/mol. The lowest BCUT2D eigenvalue weighted by Crippen LogP contribution is -2.33. The molecule has 0 radical (unpaired) electrons. The Kier molecular flexibility index (Phi) is 7.64. The van der Waals surface area contributed by atoms with Gasteiger partial charge in [-0.25, -0.2) is 4.90 Å². The molecule has 2 amide bonds. The molecule has 0 saturated carbocycles. The molecule has 3 unspecified atom stereocenters. The van der Waals surface area contributed by atoms with Gasteiger partial charge in [-0.1, -0.05) is 41.3 Å². The largest absolute Gasteiger partial charge is 0.493 e. The number of carbonyl (C=O) groups is 3. The molecule has 9 nitrogen and oxygen atoms in total. The summed E-state index contributed by atoms with van der Waals surface area (Å²) in [5, 5.41) is -0.891. The topological polar surface area (TPSA) is 104 Å². The van der Waals surface area contributed by atoms with Gasteiger partial charge in [0, 0.05) is 10.8 Å². The molecule has 14 heteroatoms. The molecule has 2 aliphatic rings. The van der Waals surface area contributed by atoms with Crippen LogP contribution in [-0.2, 0) is 31.8 Å². The van der Waals surface area contributed by atoms with Gasteiger partial charge in [-0.3, -0.25) is 23.7 Å². The minimum Gasteiger partial charge on any atom is -0.493 e. The van der Waals surface area contributed by atoms with Crippen LogP contribution >= 0.6 is 23.1 Å². The molecule has 1 aromatic heterocycles. The minimum absolute atomic E-state index is 0.0899. The molecule has 0 aliphatic carbocycles. The SMILES string of the molecule is CCOC(=O)Cn1c2c(sc1=O)C(c1ccc(OC)c(OC)c1)C1C(=O)N(c3ccccc3C(F)(F)F)C(=O)C1S2. The van der Waals surface area contributed by atoms with Crippen molar-refractivity contribution in [3.8, 4) is 11.5 Å². The van der Waals surface area contributed by atoms with Crippen molar-refractivity contribution >= 4 is 46.6 Å². The Labute approximate surface area is 239 Å². The first kappa shape index (κ1) is 28.7. The van der Waals surface area contributed by atoms with Crippen molar-refractivity contribution in [1.29, 1.82) is 0 Å². The second kappa shape index (κ2) is 10.9. The second-order valence-corrected chi connectivity index (χ2v) is 11.2. The van der Waals surface area contributed by atoms with Crippen LogP contribution in [0, 0.1) is 5.92 Å². The second-order valence-electron chi connectivity index (χ2n) is 9.11. The number of hydrogen-bond donors (Lipinski definition) is 0. The van der Waals surface area contributed by atoms with Gasteiger partial charge < -0.3 is 14.2 Å². The zero-order chi connectivity index (χ0) is 29.6. The van der Waals surface area contributed by atoms with Gasteiger partial charge in [-0.05, 0) is 36.8 Å². The highest BCUT2D eigenvalue weighted by Gasteiger charge is 2.58. The number of carbonyl (C=O) groups excluding carboxylic acids is 3. The van der Waals surface area contributed by atoms with Crippen LogP contribution in [0.15, 0.2) is 52.3 Å². The summed E-state index contributed by atoms with van der Waals surface area (Å²) >= 11 is 1.70. The number of halogens is 3. The fourth-order valence-electron chi connectivity index (χ4n) is 5.14. The molecule has 2 aliphatic heterocycles. The van der Waals surface area contributed by atoms with Crippen LogP contribution in [-0.4, -0.2) is 48.4 Å². The van der Waals surface area contributed by atoms with Crippen molar-refractivity contribution in [2.24, 2.45) is 5.92 Å². The van der Waals surface area contributed by atoms with Gasteiger partial charge in [-0.2, -0.15) is 13.2 Å². The molecule has 3 aromatic rings. The quantitative estimate of drug-likeness (QED) is 0.289. The van der Waals surface area contributed by atoms with Crippen LogP contribution in [0.4, 0.5) is 18.9 Å². The average Bonchev–Trinajstić information content (AvgIpc) is 3.38. The van der Waals surface area contributed by atoms with E-state index in [4.69, 9.17) is 14.2 Å². The van der Waals surface area contributed by atoms with Crippen LogP contribution in [0.25, 0.3) is 0 Å². The van der Waals surface area contributed by atoms with Crippen LogP contribution in [0.3, 0.4) is 0 Å². The molecule has 3 heterocycles. The Morgan fingerprint density at radius 3 is 2.37 bits per heavy atom. The van der Waals surface area contributed by atoms with Crippen molar-refractivity contribution in [1.82, 2.24) is 4.57 Å². The number of amides is 2. The number of esters is 1. The van der Waals surface area contributed by atoms with Gasteiger partial charge >= 0.3 is 17.0 Å². The first-order valence-electron chi connectivity index (χ1n) is 12.3. The lowest BCUT2D eigenvalue weighted by atomic mass is 9.83. The van der Waals surface area contributed by atoms with Gasteiger partial charge in [0.2, 0.25) is 11.8 Å². The van der Waals surface area contributed by atoms with Gasteiger partial charge in [0.15, 0.2) is 11.5 Å². The number of anilines is 1. The van der Waals surface area contributed by atoms with Crippen molar-refractivity contribution in [2.75, 3.05) is 25.7 Å². The van der Waals surface area contributed by atoms with Crippen LogP contribution < -0.4 is 19.2 Å². The summed E-state index contributed by atoms with van der Waals surface area (Å²) in [5.41, 5.74) is -1.21. The Bertz CT molecular complexity index is 1600. The molecule has 5 rings (SSSR count). The zero-order valence-electron chi connectivity index (χ0n) is 21.9. The van der Waals surface area contributed by atoms with E-state index in [0.717, 1.165) is 35.2 Å². The van der Waals surface area contributed by atoms with E-state index in [0.29, 0.717) is 26.8 Å². The third-order valence-corrected chi connectivity index (χ3v) is 9.46. The van der Waals surface area contributed by atoms with E-state index < -0.39 is 63.7 Å². The first-order chi connectivity index (χ1) is 19.5. The summed E-state index contributed by atoms with van der Waals surface area (Å²) in [6.45, 7) is 1.28. The summed E-state index contributed by atoms with van der Waals surface area (Å²) in [4.78, 5) is 53.6. The minimum atomic E-state index is -4.82. The van der Waals surface area contributed by atoms with Gasteiger partial charge in [0.25, 0.3) is 0 Å². The molecule has 0 N–H and O–H groups in total. The Balaban J connectivity index is 1.69. The molecule has 1 fully saturated rings. The number of para-hydroxylation sites is 1. The summed E-state index contributed by atoms with van der Waals surface area (Å²) in [6.07, 6.45) is -4.82. The van der Waals surface area contributed by atoms with Crippen LogP contribution in [0.1, 0.15) is 28.8 Å². The molecule has 2 aromatic carbocycles. The maximum atomic E-state index is 14.0. The molecule has 1 saturated heterocycles. The Morgan fingerprint density at radius 1 is 1.00 bits per heavy atom. The van der Waals surface area contributed by atoms with Crippen LogP contribution in [0.2, 0.25) is 0 Å². The maximum absolute atomic E-state index is 14.0. The first-order valence-corrected chi connectivity index (χ1v) is 14.0. The Morgan fingerprint density at radius 2 is 1.71 bits per heavy atom. The molecular weight excluding hydrogens is 585 g/mol. The number of ether oxygens (including phenoxy) is 3. The monoisotopic (exact) mass is 608 g/mol. The van der Waals surface area contributed by atoms with Gasteiger partial charge in [0.05, 0.1) is 43.0 Å². The Hall–Kier alpha value is -3.78. The van der Waals surface area contributed by atoms with Crippen molar-refractivity contribution < 1.29 is 41.8 Å². The van der Waals surface area contributed by atoms with Gasteiger partial charge in [0.1, 0.15) is 11.8 Å². The van der Waals surface area contributed by atoms with Crippen molar-refractivity contribution in [3.05, 3.63) is 68.1 Å². The van der Waals surface area contributed by atoms with Crippen molar-refractivity contribution in [2.45, 2.75) is 35.8 Å². The number of methoxy groups -OCH3 is 2. The summed E-state index contributed by atoms with van der Waals surface area (Å²) in [7, 11) is 2.86. The molecule has 41 heavy (non-hydrogen) atoms. The van der Waals surface area contributed by atoms with E-state index >= 15 is 0 Å². The number of alkyl halides is 3. The van der Waals surface area contributed by atoms with E-state index in [1.165, 1.54) is 30.9 Å². The number of imide groups is 1. The third kappa shape index (κ3) is 4.88. The normalized spacial score (nSPS) is 20.0. The fourth-order valence-corrected chi connectivity index (χ4v) is 7.92. The highest BCUT2D eigenvalue weighted by atomic mass is 32.2. The van der Waals surface area contributed by atoms with E-state index in [-0.39, 0.29) is 11.6 Å². The molecule has 0 spiro atoms. The molecule has 216 valence electrons. The highest BCUT2D eigenvalue weighted by molar-refractivity contribution is 8.00. The maximum Gasteiger partial charge on any atom is 0.418 e. The fraction of sp³-hybridized carbons (Fsp3) is 0.333. The number of thioether (sulfide) groups is 1. The summed E-state index contributed by atoms with van der Waals surface area (Å²) in [5.74, 6) is -3.69. The predicted octanol–water partition coefficient (Wildman–Crippen LogP) is 4.30. The highest BCUT2D eigenvalue weighted by Crippen LogP contribution is 2.55. The van der Waals surface area contributed by atoms with E-state index in [9.17, 15) is 32.3 Å². The van der Waals surface area contributed by atoms with E-state index in [1.54, 1.807) is 25.1 Å². The van der Waals surface area contributed by atoms with Crippen LogP contribution in [0.5, 0.6) is 11.5 Å². The van der Waals surface area contributed by atoms with E-state index in [2.05, 4.69) is 0 Å².